The first-order chi connectivity index (χ1) is 26.0. The molecular weight excluding hydrogens is 743 g/mol. The summed E-state index contributed by atoms with van der Waals surface area (Å²) in [6.07, 6.45) is 0.833. The number of carboxylic acids is 1. The van der Waals surface area contributed by atoms with E-state index in [0.717, 1.165) is 10.4 Å². The van der Waals surface area contributed by atoms with Gasteiger partial charge in [-0.3, -0.25) is 14.8 Å². The fourth-order valence-corrected chi connectivity index (χ4v) is 6.95. The van der Waals surface area contributed by atoms with E-state index in [4.69, 9.17) is 19.9 Å². The third-order valence-corrected chi connectivity index (χ3v) is 9.97. The average Bonchev–Trinajstić information content (AvgIpc) is 3.08. The number of nitrogens with zero attached hydrogens (tertiary/aromatic N) is 3. The lowest BCUT2D eigenvalue weighted by Gasteiger charge is -2.39. The maximum atomic E-state index is 14.0. The Morgan fingerprint density at radius 2 is 1.48 bits per heavy atom. The summed E-state index contributed by atoms with van der Waals surface area (Å²) in [5, 5.41) is 16.6. The number of fused-ring (bicyclic) bond motifs is 1. The van der Waals surface area contributed by atoms with Gasteiger partial charge in [0.05, 0.1) is 16.3 Å². The molecular formula is C40H49N5O10S. The van der Waals surface area contributed by atoms with Crippen LogP contribution in [0.3, 0.4) is 0 Å². The van der Waals surface area contributed by atoms with Crippen molar-refractivity contribution in [1.29, 1.82) is 0 Å². The first-order valence-corrected chi connectivity index (χ1v) is 19.4. The number of carbonyl (C=O) groups excluding carboxylic acids is 3. The molecule has 0 aliphatic heterocycles. The van der Waals surface area contributed by atoms with E-state index in [1.165, 1.54) is 37.3 Å². The smallest absolute Gasteiger partial charge is 0.439 e. The second kappa shape index (κ2) is 17.0. The second-order valence-electron chi connectivity index (χ2n) is 15.0. The average molecular weight is 792 g/mol. The van der Waals surface area contributed by atoms with Crippen LogP contribution in [0, 0.1) is 13.8 Å². The molecule has 0 saturated carbocycles. The standard InChI is InChI=1S/C40H49N5O10S/c1-10-56(51,52)32-14-12-30(19-29(32)21-41)43-33(46)23-53-35-24(2)17-28(18-25(35)3)34(36(47)48)44(31-13-11-27-22-42-16-15-26(27)20-31)45(37(49)54-39(4,5)6)38(50)55-40(7,8)9/h11-20,22,34H,10,21,23,41H2,1-9H3,(H,43,46)(H,47,48). The number of aliphatic carboxylic acids is 1. The van der Waals surface area contributed by atoms with E-state index in [9.17, 15) is 32.7 Å². The summed E-state index contributed by atoms with van der Waals surface area (Å²) in [5.41, 5.74) is 5.52. The number of pyridine rings is 1. The van der Waals surface area contributed by atoms with Crippen LogP contribution in [0.15, 0.2) is 71.9 Å². The van der Waals surface area contributed by atoms with Crippen LogP contribution in [0.4, 0.5) is 21.0 Å². The molecule has 1 aromatic heterocycles. The van der Waals surface area contributed by atoms with Gasteiger partial charge < -0.3 is 30.4 Å². The number of hydrazine groups is 1. The lowest BCUT2D eigenvalue weighted by Crippen LogP contribution is -2.56. The van der Waals surface area contributed by atoms with E-state index < -0.39 is 57.8 Å². The van der Waals surface area contributed by atoms with E-state index in [1.807, 2.05) is 0 Å². The van der Waals surface area contributed by atoms with Gasteiger partial charge in [0.25, 0.3) is 5.91 Å². The highest BCUT2D eigenvalue weighted by atomic mass is 32.2. The normalized spacial score (nSPS) is 12.4. The molecule has 1 unspecified atom stereocenters. The van der Waals surface area contributed by atoms with E-state index >= 15 is 0 Å². The Hall–Kier alpha value is -5.74. The van der Waals surface area contributed by atoms with E-state index in [-0.39, 0.29) is 28.4 Å². The number of aromatic nitrogens is 1. The summed E-state index contributed by atoms with van der Waals surface area (Å²) in [5.74, 6) is -1.78. The van der Waals surface area contributed by atoms with Crippen molar-refractivity contribution >= 4 is 56.0 Å². The molecule has 300 valence electrons. The number of benzene rings is 3. The molecule has 0 fully saturated rings. The molecule has 0 aliphatic carbocycles. The number of imide groups is 1. The van der Waals surface area contributed by atoms with Gasteiger partial charge in [-0.1, -0.05) is 13.0 Å². The molecule has 56 heavy (non-hydrogen) atoms. The highest BCUT2D eigenvalue weighted by Crippen LogP contribution is 2.36. The number of anilines is 2. The number of amides is 3. The number of nitrogens with two attached hydrogens (primary N) is 1. The predicted molar refractivity (Wildman–Crippen MR) is 211 cm³/mol. The largest absolute Gasteiger partial charge is 0.483 e. The van der Waals surface area contributed by atoms with Crippen molar-refractivity contribution in [3.05, 3.63) is 89.2 Å². The minimum Gasteiger partial charge on any atom is -0.483 e. The van der Waals surface area contributed by atoms with Crippen LogP contribution in [0.2, 0.25) is 0 Å². The Bertz CT molecular complexity index is 2200. The van der Waals surface area contributed by atoms with Gasteiger partial charge in [-0.15, -0.1) is 5.01 Å². The highest BCUT2D eigenvalue weighted by molar-refractivity contribution is 7.91. The fraction of sp³-hybridized carbons (Fsp3) is 0.375. The molecule has 3 aromatic carbocycles. The third kappa shape index (κ3) is 10.5. The molecule has 0 radical (unpaired) electrons. The van der Waals surface area contributed by atoms with Gasteiger partial charge in [-0.25, -0.2) is 22.8 Å². The molecule has 3 amide bonds. The minimum atomic E-state index is -3.52. The Labute approximate surface area is 326 Å². The van der Waals surface area contributed by atoms with Crippen LogP contribution >= 0.6 is 0 Å². The summed E-state index contributed by atoms with van der Waals surface area (Å²) in [6.45, 7) is 14.0. The molecule has 0 bridgehead atoms. The molecule has 0 aliphatic rings. The Morgan fingerprint density at radius 1 is 0.875 bits per heavy atom. The Balaban J connectivity index is 1.75. The molecule has 15 nitrogen and oxygen atoms in total. The first-order valence-electron chi connectivity index (χ1n) is 17.8. The zero-order valence-electron chi connectivity index (χ0n) is 33.0. The van der Waals surface area contributed by atoms with Gasteiger partial charge in [0.2, 0.25) is 0 Å². The first kappa shape index (κ1) is 43.0. The van der Waals surface area contributed by atoms with Crippen molar-refractivity contribution in [2.24, 2.45) is 5.73 Å². The van der Waals surface area contributed by atoms with Crippen LogP contribution in [0.5, 0.6) is 5.75 Å². The number of hydrogen-bond acceptors (Lipinski definition) is 12. The molecule has 4 rings (SSSR count). The topological polar surface area (TPSA) is 208 Å². The number of aryl methyl sites for hydroxylation is 2. The molecule has 4 N–H and O–H groups in total. The van der Waals surface area contributed by atoms with E-state index in [0.29, 0.717) is 38.5 Å². The monoisotopic (exact) mass is 791 g/mol. The minimum absolute atomic E-state index is 0.0556. The van der Waals surface area contributed by atoms with Crippen LogP contribution in [-0.2, 0) is 35.4 Å². The molecule has 1 atom stereocenters. The van der Waals surface area contributed by atoms with Crippen molar-refractivity contribution in [2.75, 3.05) is 22.7 Å². The maximum Gasteiger partial charge on any atom is 0.439 e. The van der Waals surface area contributed by atoms with Crippen LogP contribution in [0.25, 0.3) is 10.8 Å². The Kier molecular flexibility index (Phi) is 13.0. The van der Waals surface area contributed by atoms with E-state index in [2.05, 4.69) is 10.3 Å². The quantitative estimate of drug-likeness (QED) is 0.126. The lowest BCUT2D eigenvalue weighted by molar-refractivity contribution is -0.139. The van der Waals surface area contributed by atoms with Gasteiger partial charge in [-0.2, -0.15) is 0 Å². The number of sulfone groups is 1. The summed E-state index contributed by atoms with van der Waals surface area (Å²) in [4.78, 5) is 58.6. The van der Waals surface area contributed by atoms with Crippen LogP contribution in [0.1, 0.15) is 76.8 Å². The van der Waals surface area contributed by atoms with Gasteiger partial charge in [0, 0.05) is 30.0 Å². The van der Waals surface area contributed by atoms with Crippen molar-refractivity contribution in [1.82, 2.24) is 9.99 Å². The molecule has 0 saturated heterocycles. The van der Waals surface area contributed by atoms with Gasteiger partial charge in [0.1, 0.15) is 17.0 Å². The fourth-order valence-electron chi connectivity index (χ4n) is 5.82. The number of hydrogen-bond donors (Lipinski definition) is 3. The summed E-state index contributed by atoms with van der Waals surface area (Å²) in [6, 6.07) is 12.3. The van der Waals surface area contributed by atoms with Crippen molar-refractivity contribution in [3.8, 4) is 5.75 Å². The number of carboxylic acid groups (broad SMARTS) is 1. The number of rotatable bonds is 12. The van der Waals surface area contributed by atoms with Gasteiger partial charge in [-0.05, 0) is 132 Å². The molecule has 1 heterocycles. The van der Waals surface area contributed by atoms with Crippen molar-refractivity contribution in [3.63, 3.8) is 0 Å². The number of carbonyl (C=O) groups is 4. The molecule has 0 spiro atoms. The lowest BCUT2D eigenvalue weighted by atomic mass is 9.99. The maximum absolute atomic E-state index is 14.0. The predicted octanol–water partition coefficient (Wildman–Crippen LogP) is 6.84. The summed E-state index contributed by atoms with van der Waals surface area (Å²) < 4.78 is 42.1. The highest BCUT2D eigenvalue weighted by Gasteiger charge is 2.43. The Morgan fingerprint density at radius 3 is 2.02 bits per heavy atom. The van der Waals surface area contributed by atoms with E-state index in [1.54, 1.807) is 92.0 Å². The zero-order chi connectivity index (χ0) is 41.7. The van der Waals surface area contributed by atoms with Crippen molar-refractivity contribution < 1.29 is 46.9 Å². The summed E-state index contributed by atoms with van der Waals surface area (Å²) in [7, 11) is -3.52. The van der Waals surface area contributed by atoms with Gasteiger partial charge >= 0.3 is 18.2 Å². The second-order valence-corrected chi connectivity index (χ2v) is 17.3. The third-order valence-electron chi connectivity index (χ3n) is 8.14. The molecule has 4 aromatic rings. The van der Waals surface area contributed by atoms with Crippen LogP contribution in [-0.4, -0.2) is 71.1 Å². The zero-order valence-corrected chi connectivity index (χ0v) is 33.8. The SMILES string of the molecule is CCS(=O)(=O)c1ccc(NC(=O)COc2c(C)cc(C(C(=O)O)N(c3ccc4cnccc4c3)N(C(=O)OC(C)(C)C)C(=O)OC(C)(C)C)cc2C)cc1CN. The van der Waals surface area contributed by atoms with Crippen molar-refractivity contribution in [2.45, 2.75) is 91.0 Å². The number of ether oxygens (including phenoxy) is 3. The van der Waals surface area contributed by atoms with Gasteiger partial charge in [0.15, 0.2) is 22.5 Å². The van der Waals surface area contributed by atoms with Crippen LogP contribution < -0.4 is 20.8 Å². The molecule has 16 heteroatoms. The summed E-state index contributed by atoms with van der Waals surface area (Å²) >= 11 is 0. The number of nitrogens with one attached hydrogen (secondary N) is 1.